The molecule has 1 aliphatic heterocycles. The molecule has 0 aromatic heterocycles. The van der Waals surface area contributed by atoms with Gasteiger partial charge in [0.05, 0.1) is 12.4 Å². The first-order chi connectivity index (χ1) is 15.7. The van der Waals surface area contributed by atoms with Gasteiger partial charge in [-0.2, -0.15) is 0 Å². The van der Waals surface area contributed by atoms with Crippen LogP contribution in [-0.2, 0) is 12.0 Å². The highest BCUT2D eigenvalue weighted by molar-refractivity contribution is 5.65. The molecular weight excluding hydrogens is 422 g/mol. The molecule has 178 valence electrons. The molecule has 2 aromatic carbocycles. The number of aryl methyl sites for hydroxylation is 1. The first-order valence-electron chi connectivity index (χ1n) is 11.1. The molecule has 3 rings (SSSR count). The molecule has 1 unspecified atom stereocenters. The number of aliphatic hydroxyl groups is 1. The second kappa shape index (κ2) is 11.7. The van der Waals surface area contributed by atoms with Crippen LogP contribution in [0.15, 0.2) is 67.7 Å². The van der Waals surface area contributed by atoms with E-state index in [1.807, 2.05) is 13.8 Å². The van der Waals surface area contributed by atoms with Crippen molar-refractivity contribution in [2.24, 2.45) is 0 Å². The van der Waals surface area contributed by atoms with Gasteiger partial charge < -0.3 is 20.5 Å². The molecular formula is C27H34F2N2O2. The summed E-state index contributed by atoms with van der Waals surface area (Å²) in [5.74, 6) is 0.375. The lowest BCUT2D eigenvalue weighted by Gasteiger charge is -2.29. The highest BCUT2D eigenvalue weighted by Crippen LogP contribution is 2.35. The average Bonchev–Trinajstić information content (AvgIpc) is 3.09. The summed E-state index contributed by atoms with van der Waals surface area (Å²) in [6.45, 7) is 18.0. The van der Waals surface area contributed by atoms with Crippen LogP contribution in [0, 0.1) is 11.6 Å². The van der Waals surface area contributed by atoms with Crippen LogP contribution in [0.5, 0.6) is 5.75 Å². The van der Waals surface area contributed by atoms with E-state index in [2.05, 4.69) is 37.3 Å². The van der Waals surface area contributed by atoms with Crippen molar-refractivity contribution in [3.8, 4) is 5.75 Å². The van der Waals surface area contributed by atoms with Crippen molar-refractivity contribution in [1.82, 2.24) is 10.6 Å². The fourth-order valence-electron chi connectivity index (χ4n) is 3.78. The van der Waals surface area contributed by atoms with Gasteiger partial charge in [0.1, 0.15) is 11.4 Å². The average molecular weight is 457 g/mol. The van der Waals surface area contributed by atoms with Crippen LogP contribution in [0.1, 0.15) is 50.3 Å². The predicted octanol–water partition coefficient (Wildman–Crippen LogP) is 5.79. The van der Waals surface area contributed by atoms with E-state index >= 15 is 0 Å². The van der Waals surface area contributed by atoms with Crippen LogP contribution in [-0.4, -0.2) is 18.3 Å². The van der Waals surface area contributed by atoms with Crippen molar-refractivity contribution in [1.29, 1.82) is 0 Å². The van der Waals surface area contributed by atoms with E-state index in [9.17, 15) is 8.78 Å². The van der Waals surface area contributed by atoms with E-state index in [0.717, 1.165) is 46.6 Å². The molecule has 1 heterocycles. The number of rotatable bonds is 8. The summed E-state index contributed by atoms with van der Waals surface area (Å²) >= 11 is 0. The highest BCUT2D eigenvalue weighted by Gasteiger charge is 2.38. The Bertz CT molecular complexity index is 1000. The van der Waals surface area contributed by atoms with Gasteiger partial charge in [-0.3, -0.25) is 0 Å². The summed E-state index contributed by atoms with van der Waals surface area (Å²) in [4.78, 5) is 0. The van der Waals surface area contributed by atoms with Gasteiger partial charge in [-0.25, -0.2) is 8.78 Å². The maximum Gasteiger partial charge on any atom is 0.165 e. The molecule has 3 N–H and O–H groups in total. The van der Waals surface area contributed by atoms with Gasteiger partial charge in [0.15, 0.2) is 11.6 Å². The first-order valence-corrected chi connectivity index (χ1v) is 11.1. The van der Waals surface area contributed by atoms with Crippen molar-refractivity contribution < 1.29 is 18.6 Å². The zero-order chi connectivity index (χ0) is 24.6. The minimum atomic E-state index is -0.377. The van der Waals surface area contributed by atoms with Crippen LogP contribution in [0.3, 0.4) is 0 Å². The monoisotopic (exact) mass is 456 g/mol. The van der Waals surface area contributed by atoms with E-state index < -0.39 is 0 Å². The Balaban J connectivity index is 0.000000234. The van der Waals surface area contributed by atoms with Gasteiger partial charge in [-0.1, -0.05) is 51.3 Å². The molecule has 0 saturated carbocycles. The fraction of sp³-hybridized carbons (Fsp3) is 0.333. The minimum absolute atomic E-state index is 0.0477. The maximum atomic E-state index is 13.7. The molecule has 0 bridgehead atoms. The summed E-state index contributed by atoms with van der Waals surface area (Å²) in [7, 11) is 0. The van der Waals surface area contributed by atoms with E-state index in [1.54, 1.807) is 18.2 Å². The fourth-order valence-corrected chi connectivity index (χ4v) is 3.78. The second-order valence-corrected chi connectivity index (χ2v) is 7.97. The lowest BCUT2D eigenvalue weighted by Crippen LogP contribution is -2.36. The molecule has 0 amide bonds. The largest absolute Gasteiger partial charge is 0.490 e. The zero-order valence-electron chi connectivity index (χ0n) is 19.7. The van der Waals surface area contributed by atoms with Crippen molar-refractivity contribution in [3.63, 3.8) is 0 Å². The lowest BCUT2D eigenvalue weighted by molar-refractivity contribution is 0.228. The Labute approximate surface area is 195 Å². The van der Waals surface area contributed by atoms with Crippen LogP contribution in [0.4, 0.5) is 8.78 Å². The van der Waals surface area contributed by atoms with Gasteiger partial charge in [-0.15, -0.1) is 0 Å². The summed E-state index contributed by atoms with van der Waals surface area (Å²) < 4.78 is 31.9. The Morgan fingerprint density at radius 1 is 1.12 bits per heavy atom. The molecule has 33 heavy (non-hydrogen) atoms. The smallest absolute Gasteiger partial charge is 0.165 e. The molecule has 1 saturated heterocycles. The molecule has 4 nitrogen and oxygen atoms in total. The number of ether oxygens (including phenoxy) is 1. The van der Waals surface area contributed by atoms with Crippen molar-refractivity contribution >= 4 is 5.57 Å². The summed E-state index contributed by atoms with van der Waals surface area (Å²) in [5, 5.41) is 15.0. The molecule has 2 aromatic rings. The topological polar surface area (TPSA) is 53.5 Å². The highest BCUT2D eigenvalue weighted by atomic mass is 19.1. The Morgan fingerprint density at radius 2 is 1.79 bits per heavy atom. The summed E-state index contributed by atoms with van der Waals surface area (Å²) in [6, 6.07) is 9.66. The summed E-state index contributed by atoms with van der Waals surface area (Å²) in [6.07, 6.45) is 2.13. The lowest BCUT2D eigenvalue weighted by atomic mass is 9.86. The van der Waals surface area contributed by atoms with Crippen LogP contribution in [0.2, 0.25) is 0 Å². The molecule has 1 aliphatic rings. The van der Waals surface area contributed by atoms with Gasteiger partial charge in [0.2, 0.25) is 0 Å². The number of aliphatic hydroxyl groups excluding tert-OH is 1. The SMILES string of the molecule is C=C(C)c1cc(F)c(OCCCO)cc1CC.C=C1NC(=C)C(CC)(c2ccc(F)cc2)N1. The number of allylic oxidation sites excluding steroid dienone is 1. The van der Waals surface area contributed by atoms with Gasteiger partial charge in [0.25, 0.3) is 0 Å². The Morgan fingerprint density at radius 3 is 2.27 bits per heavy atom. The normalized spacial score (nSPS) is 17.0. The molecule has 0 aliphatic carbocycles. The van der Waals surface area contributed by atoms with Crippen molar-refractivity contribution in [2.75, 3.05) is 13.2 Å². The zero-order valence-corrected chi connectivity index (χ0v) is 19.7. The molecule has 1 fully saturated rings. The van der Waals surface area contributed by atoms with Gasteiger partial charge >= 0.3 is 0 Å². The van der Waals surface area contributed by atoms with E-state index in [-0.39, 0.29) is 29.5 Å². The van der Waals surface area contributed by atoms with Crippen LogP contribution in [0.25, 0.3) is 5.57 Å². The minimum Gasteiger partial charge on any atom is -0.490 e. The van der Waals surface area contributed by atoms with E-state index in [1.165, 1.54) is 18.2 Å². The molecule has 0 radical (unpaired) electrons. The maximum absolute atomic E-state index is 13.7. The second-order valence-electron chi connectivity index (χ2n) is 7.97. The number of benzene rings is 2. The third kappa shape index (κ3) is 6.23. The van der Waals surface area contributed by atoms with Gasteiger partial charge in [-0.05, 0) is 60.7 Å². The number of hydrogen-bond donors (Lipinski definition) is 3. The van der Waals surface area contributed by atoms with E-state index in [0.29, 0.717) is 13.0 Å². The Hall–Kier alpha value is -3.12. The predicted molar refractivity (Wildman–Crippen MR) is 131 cm³/mol. The number of nitrogens with one attached hydrogen (secondary N) is 2. The number of halogens is 2. The quantitative estimate of drug-likeness (QED) is 0.440. The van der Waals surface area contributed by atoms with Crippen molar-refractivity contribution in [3.05, 3.63) is 96.0 Å². The van der Waals surface area contributed by atoms with Gasteiger partial charge in [0, 0.05) is 18.7 Å². The third-order valence-corrected chi connectivity index (χ3v) is 5.61. The Kier molecular flexibility index (Phi) is 9.23. The molecule has 6 heteroatoms. The number of hydrogen-bond acceptors (Lipinski definition) is 4. The van der Waals surface area contributed by atoms with E-state index in [4.69, 9.17) is 9.84 Å². The molecule has 1 atom stereocenters. The third-order valence-electron chi connectivity index (χ3n) is 5.61. The van der Waals surface area contributed by atoms with Crippen molar-refractivity contribution in [2.45, 2.75) is 45.6 Å². The van der Waals surface area contributed by atoms with Crippen LogP contribution < -0.4 is 15.4 Å². The first kappa shape index (κ1) is 26.1. The standard InChI is InChI=1S/C14H19FO2.C13H15FN2/c1-4-11-8-14(17-7-5-6-16)13(15)9-12(11)10(2)3;1-4-13(9(2)15-10(3)16-13)11-5-7-12(14)8-6-11/h8-9,16H,2,4-7H2,1,3H3;5-8,15-16H,2-4H2,1H3. The molecule has 0 spiro atoms. The van der Waals surface area contributed by atoms with Crippen LogP contribution >= 0.6 is 0 Å². The summed E-state index contributed by atoms with van der Waals surface area (Å²) in [5.41, 5.74) is 4.20.